The third kappa shape index (κ3) is 5.73. The molecule has 0 aliphatic rings. The van der Waals surface area contributed by atoms with Gasteiger partial charge in [0.05, 0.1) is 6.07 Å². The lowest BCUT2D eigenvalue weighted by molar-refractivity contribution is 0.341. The number of nitrogens with one attached hydrogen (secondary N) is 1. The van der Waals surface area contributed by atoms with E-state index in [2.05, 4.69) is 64.2 Å². The standard InChI is InChI=1S/C18H28N2S/c1-6-18(13-19,20-14(2)3)10-7-11-21-17-9-8-15(4)12-16(17)5/h8-9,12,14,20H,6-7,10-11H2,1-5H3. The Labute approximate surface area is 134 Å². The van der Waals surface area contributed by atoms with Crippen LogP contribution in [0.15, 0.2) is 23.1 Å². The second-order valence-electron chi connectivity index (χ2n) is 6.07. The van der Waals surface area contributed by atoms with E-state index < -0.39 is 0 Å². The van der Waals surface area contributed by atoms with Crippen LogP contribution in [-0.4, -0.2) is 17.3 Å². The molecule has 0 aromatic heterocycles. The summed E-state index contributed by atoms with van der Waals surface area (Å²) in [6.07, 6.45) is 2.82. The van der Waals surface area contributed by atoms with Crippen LogP contribution in [0, 0.1) is 25.2 Å². The molecular formula is C18H28N2S. The van der Waals surface area contributed by atoms with Gasteiger partial charge in [0.25, 0.3) is 0 Å². The first kappa shape index (κ1) is 18.1. The summed E-state index contributed by atoms with van der Waals surface area (Å²) in [5.74, 6) is 1.06. The minimum absolute atomic E-state index is 0.344. The summed E-state index contributed by atoms with van der Waals surface area (Å²) >= 11 is 1.90. The van der Waals surface area contributed by atoms with E-state index in [1.807, 2.05) is 11.8 Å². The second-order valence-corrected chi connectivity index (χ2v) is 7.20. The average Bonchev–Trinajstić information content (AvgIpc) is 2.43. The number of nitrogens with zero attached hydrogens (tertiary/aromatic N) is 1. The van der Waals surface area contributed by atoms with E-state index in [1.54, 1.807) is 0 Å². The van der Waals surface area contributed by atoms with Gasteiger partial charge in [0.1, 0.15) is 5.54 Å². The van der Waals surface area contributed by atoms with Gasteiger partial charge in [0, 0.05) is 10.9 Å². The summed E-state index contributed by atoms with van der Waals surface area (Å²) in [5.41, 5.74) is 2.30. The van der Waals surface area contributed by atoms with Gasteiger partial charge in [-0.3, -0.25) is 5.32 Å². The van der Waals surface area contributed by atoms with Gasteiger partial charge in [-0.05, 0) is 64.3 Å². The molecule has 116 valence electrons. The maximum Gasteiger partial charge on any atom is 0.106 e. The Morgan fingerprint density at radius 2 is 2.05 bits per heavy atom. The molecule has 0 bridgehead atoms. The molecule has 0 saturated carbocycles. The van der Waals surface area contributed by atoms with Crippen LogP contribution in [0.5, 0.6) is 0 Å². The smallest absolute Gasteiger partial charge is 0.106 e. The summed E-state index contributed by atoms with van der Waals surface area (Å²) in [7, 11) is 0. The third-order valence-corrected chi connectivity index (χ3v) is 4.98. The second kappa shape index (κ2) is 8.46. The van der Waals surface area contributed by atoms with Crippen LogP contribution in [-0.2, 0) is 0 Å². The van der Waals surface area contributed by atoms with Crippen molar-refractivity contribution in [1.82, 2.24) is 5.32 Å². The zero-order chi connectivity index (χ0) is 15.9. The molecule has 0 heterocycles. The largest absolute Gasteiger partial charge is 0.297 e. The Bertz CT molecular complexity index is 490. The van der Waals surface area contributed by atoms with Crippen molar-refractivity contribution < 1.29 is 0 Å². The molecule has 3 heteroatoms. The zero-order valence-corrected chi connectivity index (χ0v) is 14.8. The van der Waals surface area contributed by atoms with Gasteiger partial charge in [0.15, 0.2) is 0 Å². The number of thioether (sulfide) groups is 1. The summed E-state index contributed by atoms with van der Waals surface area (Å²) < 4.78 is 0. The van der Waals surface area contributed by atoms with E-state index in [0.29, 0.717) is 6.04 Å². The van der Waals surface area contributed by atoms with Crippen LogP contribution < -0.4 is 5.32 Å². The lowest BCUT2D eigenvalue weighted by atomic mass is 9.91. The molecule has 0 aliphatic heterocycles. The van der Waals surface area contributed by atoms with Gasteiger partial charge >= 0.3 is 0 Å². The highest BCUT2D eigenvalue weighted by Gasteiger charge is 2.27. The highest BCUT2D eigenvalue weighted by molar-refractivity contribution is 7.99. The highest BCUT2D eigenvalue weighted by atomic mass is 32.2. The maximum absolute atomic E-state index is 9.50. The molecule has 1 atom stereocenters. The fourth-order valence-electron chi connectivity index (χ4n) is 2.59. The first-order valence-electron chi connectivity index (χ1n) is 7.81. The molecule has 2 nitrogen and oxygen atoms in total. The van der Waals surface area contributed by atoms with Gasteiger partial charge in [-0.25, -0.2) is 0 Å². The predicted molar refractivity (Wildman–Crippen MR) is 92.8 cm³/mol. The average molecular weight is 305 g/mol. The van der Waals surface area contributed by atoms with Crippen molar-refractivity contribution >= 4 is 11.8 Å². The number of hydrogen-bond donors (Lipinski definition) is 1. The number of aryl methyl sites for hydroxylation is 2. The van der Waals surface area contributed by atoms with E-state index in [4.69, 9.17) is 0 Å². The summed E-state index contributed by atoms with van der Waals surface area (Å²) in [4.78, 5) is 1.36. The SMILES string of the molecule is CCC(C#N)(CCCSc1ccc(C)cc1C)NC(C)C. The summed E-state index contributed by atoms with van der Waals surface area (Å²) in [6, 6.07) is 9.44. The van der Waals surface area contributed by atoms with Crippen LogP contribution in [0.2, 0.25) is 0 Å². The van der Waals surface area contributed by atoms with Gasteiger partial charge in [-0.2, -0.15) is 5.26 Å². The Hall–Kier alpha value is -0.980. The maximum atomic E-state index is 9.50. The molecule has 1 N–H and O–H groups in total. The van der Waals surface area contributed by atoms with Crippen molar-refractivity contribution in [1.29, 1.82) is 5.26 Å². The van der Waals surface area contributed by atoms with Crippen LogP contribution in [0.25, 0.3) is 0 Å². The van der Waals surface area contributed by atoms with Crippen LogP contribution in [0.1, 0.15) is 51.2 Å². The normalized spacial score (nSPS) is 14.0. The minimum Gasteiger partial charge on any atom is -0.297 e. The monoisotopic (exact) mass is 304 g/mol. The molecular weight excluding hydrogens is 276 g/mol. The van der Waals surface area contributed by atoms with Crippen molar-refractivity contribution in [2.24, 2.45) is 0 Å². The molecule has 1 unspecified atom stereocenters. The van der Waals surface area contributed by atoms with Crippen LogP contribution in [0.3, 0.4) is 0 Å². The summed E-state index contributed by atoms with van der Waals surface area (Å²) in [5, 5.41) is 12.9. The fourth-order valence-corrected chi connectivity index (χ4v) is 3.55. The molecule has 1 rings (SSSR count). The highest BCUT2D eigenvalue weighted by Crippen LogP contribution is 2.26. The molecule has 0 spiro atoms. The Kier molecular flexibility index (Phi) is 7.28. The van der Waals surface area contributed by atoms with E-state index in [9.17, 15) is 5.26 Å². The van der Waals surface area contributed by atoms with E-state index in [1.165, 1.54) is 16.0 Å². The fraction of sp³-hybridized carbons (Fsp3) is 0.611. The van der Waals surface area contributed by atoms with Gasteiger partial charge in [-0.1, -0.05) is 24.6 Å². The van der Waals surface area contributed by atoms with Crippen molar-refractivity contribution in [2.45, 2.75) is 70.4 Å². The first-order valence-corrected chi connectivity index (χ1v) is 8.80. The van der Waals surface area contributed by atoms with Crippen molar-refractivity contribution in [2.75, 3.05) is 5.75 Å². The van der Waals surface area contributed by atoms with E-state index in [0.717, 1.165) is 25.0 Å². The molecule has 0 amide bonds. The lowest BCUT2D eigenvalue weighted by Crippen LogP contribution is -2.47. The summed E-state index contributed by atoms with van der Waals surface area (Å²) in [6.45, 7) is 10.6. The topological polar surface area (TPSA) is 35.8 Å². The minimum atomic E-state index is -0.364. The molecule has 1 aromatic carbocycles. The van der Waals surface area contributed by atoms with Crippen LogP contribution >= 0.6 is 11.8 Å². The number of rotatable bonds is 8. The molecule has 0 saturated heterocycles. The van der Waals surface area contributed by atoms with E-state index in [-0.39, 0.29) is 5.54 Å². The molecule has 0 aliphatic carbocycles. The predicted octanol–water partition coefficient (Wildman–Crippen LogP) is 4.85. The first-order chi connectivity index (χ1) is 9.92. The van der Waals surface area contributed by atoms with E-state index >= 15 is 0 Å². The Morgan fingerprint density at radius 1 is 1.33 bits per heavy atom. The van der Waals surface area contributed by atoms with Gasteiger partial charge in [-0.15, -0.1) is 11.8 Å². The van der Waals surface area contributed by atoms with Crippen molar-refractivity contribution in [3.8, 4) is 6.07 Å². The molecule has 1 aromatic rings. The third-order valence-electron chi connectivity index (χ3n) is 3.72. The number of nitriles is 1. The number of benzene rings is 1. The Balaban J connectivity index is 2.50. The van der Waals surface area contributed by atoms with Crippen molar-refractivity contribution in [3.05, 3.63) is 29.3 Å². The lowest BCUT2D eigenvalue weighted by Gasteiger charge is -2.29. The Morgan fingerprint density at radius 3 is 2.57 bits per heavy atom. The quantitative estimate of drug-likeness (QED) is 0.551. The molecule has 0 radical (unpaired) electrons. The van der Waals surface area contributed by atoms with Crippen molar-refractivity contribution in [3.63, 3.8) is 0 Å². The zero-order valence-electron chi connectivity index (χ0n) is 14.0. The van der Waals surface area contributed by atoms with Gasteiger partial charge < -0.3 is 0 Å². The molecule has 21 heavy (non-hydrogen) atoms. The van der Waals surface area contributed by atoms with Crippen LogP contribution in [0.4, 0.5) is 0 Å². The van der Waals surface area contributed by atoms with Gasteiger partial charge in [0.2, 0.25) is 0 Å². The molecule has 0 fully saturated rings. The number of hydrogen-bond acceptors (Lipinski definition) is 3.